The Balaban J connectivity index is 0.000000757. The van der Waals surface area contributed by atoms with Crippen LogP contribution in [-0.4, -0.2) is 106 Å². The molecule has 1 aliphatic rings. The van der Waals surface area contributed by atoms with Gasteiger partial charge in [0, 0.05) is 60.9 Å². The number of nitrogens with zero attached hydrogens (tertiary/aromatic N) is 4. The maximum atomic E-state index is 13.6. The number of anilines is 1. The van der Waals surface area contributed by atoms with Gasteiger partial charge in [0.2, 0.25) is 17.4 Å². The Morgan fingerprint density at radius 3 is 1.55 bits per heavy atom. The fourth-order valence-electron chi connectivity index (χ4n) is 6.11. The third-order valence-electron chi connectivity index (χ3n) is 8.92. The normalized spacial score (nSPS) is 12.9. The van der Waals surface area contributed by atoms with Crippen molar-refractivity contribution in [2.24, 2.45) is 5.92 Å². The Kier molecular flexibility index (Phi) is 14.8. The number of ether oxygens (including phenoxy) is 6. The SMILES string of the molecule is COc1cc(-c2cc(CN3CCC(C(=O)N(C)c4ccnc(-c5cc(OC)c(OC)c(OC)c5)c4)CC3)ccn2)cc(OC)c1OC.O=C(O)/C=C\C(=O)O. The Hall–Kier alpha value is -6.35. The predicted molar refractivity (Wildman–Crippen MR) is 204 cm³/mol. The molecule has 0 radical (unpaired) electrons. The molecule has 55 heavy (non-hydrogen) atoms. The summed E-state index contributed by atoms with van der Waals surface area (Å²) in [7, 11) is 11.3. The van der Waals surface area contributed by atoms with E-state index in [-0.39, 0.29) is 11.8 Å². The van der Waals surface area contributed by atoms with Gasteiger partial charge in [0.25, 0.3) is 0 Å². The van der Waals surface area contributed by atoms with Crippen LogP contribution in [-0.2, 0) is 20.9 Å². The van der Waals surface area contributed by atoms with Gasteiger partial charge in [-0.25, -0.2) is 9.59 Å². The highest BCUT2D eigenvalue weighted by Gasteiger charge is 2.28. The molecule has 15 nitrogen and oxygen atoms in total. The van der Waals surface area contributed by atoms with E-state index in [9.17, 15) is 14.4 Å². The van der Waals surface area contributed by atoms with Gasteiger partial charge in [-0.3, -0.25) is 19.7 Å². The van der Waals surface area contributed by atoms with Crippen molar-refractivity contribution in [2.75, 3.05) is 67.7 Å². The van der Waals surface area contributed by atoms with E-state index in [0.717, 1.165) is 60.5 Å². The lowest BCUT2D eigenvalue weighted by Crippen LogP contribution is -2.41. The molecule has 0 unspecified atom stereocenters. The van der Waals surface area contributed by atoms with Gasteiger partial charge in [0.15, 0.2) is 23.0 Å². The molecule has 0 spiro atoms. The molecule has 2 aromatic heterocycles. The van der Waals surface area contributed by atoms with Crippen LogP contribution in [0.2, 0.25) is 0 Å². The van der Waals surface area contributed by atoms with E-state index in [4.69, 9.17) is 38.6 Å². The van der Waals surface area contributed by atoms with Gasteiger partial charge in [-0.15, -0.1) is 0 Å². The molecule has 0 aliphatic carbocycles. The average molecular weight is 759 g/mol. The number of carbonyl (C=O) groups is 3. The fraction of sp³-hybridized carbons (Fsp3) is 0.325. The highest BCUT2D eigenvalue weighted by atomic mass is 16.5. The second kappa shape index (κ2) is 19.6. The predicted octanol–water partition coefficient (Wildman–Crippen LogP) is 5.45. The molecule has 1 fully saturated rings. The summed E-state index contributed by atoms with van der Waals surface area (Å²) in [5.41, 5.74) is 5.09. The van der Waals surface area contributed by atoms with Crippen molar-refractivity contribution in [3.8, 4) is 57.0 Å². The summed E-state index contributed by atoms with van der Waals surface area (Å²) in [5, 5.41) is 15.6. The van der Waals surface area contributed by atoms with E-state index in [1.807, 2.05) is 55.7 Å². The average Bonchev–Trinajstić information content (AvgIpc) is 3.21. The van der Waals surface area contributed by atoms with E-state index < -0.39 is 11.9 Å². The molecule has 3 heterocycles. The lowest BCUT2D eigenvalue weighted by Gasteiger charge is -2.33. The standard InChI is InChI=1S/C36H42N4O7.C4H4O4/c1-39(27-9-13-38-29(21-27)26-19-32(44-4)35(47-7)33(20-26)45-5)36(41)24-10-14-40(15-11-24)22-23-8-12-37-28(16-23)25-17-30(42-2)34(46-6)31(18-25)43-3;5-3(6)1-2-4(7)8/h8-9,12-13,16-21,24H,10-11,14-15,22H2,1-7H3;1-2H,(H,5,6)(H,7,8)/b;2-1-. The lowest BCUT2D eigenvalue weighted by molar-refractivity contribution is -0.134. The van der Waals surface area contributed by atoms with Gasteiger partial charge >= 0.3 is 11.9 Å². The number of aromatic nitrogens is 2. The molecule has 1 amide bonds. The molecular formula is C40H46N4O11. The molecule has 0 bridgehead atoms. The maximum Gasteiger partial charge on any atom is 0.328 e. The van der Waals surface area contributed by atoms with Crippen LogP contribution in [0, 0.1) is 5.92 Å². The van der Waals surface area contributed by atoms with E-state index >= 15 is 0 Å². The number of pyridine rings is 2. The zero-order valence-corrected chi connectivity index (χ0v) is 31.9. The molecular weight excluding hydrogens is 712 g/mol. The van der Waals surface area contributed by atoms with E-state index in [1.54, 1.807) is 53.8 Å². The van der Waals surface area contributed by atoms with Crippen molar-refractivity contribution < 1.29 is 53.0 Å². The van der Waals surface area contributed by atoms with Crippen LogP contribution in [0.15, 0.2) is 73.1 Å². The highest BCUT2D eigenvalue weighted by Crippen LogP contribution is 2.42. The van der Waals surface area contributed by atoms with Gasteiger partial charge in [-0.05, 0) is 80.0 Å². The number of rotatable bonds is 14. The Labute approximate surface area is 319 Å². The number of carbonyl (C=O) groups excluding carboxylic acids is 1. The molecule has 4 aromatic rings. The van der Waals surface area contributed by atoms with Gasteiger partial charge in [0.05, 0.1) is 54.0 Å². The number of benzene rings is 2. The Bertz CT molecular complexity index is 1930. The minimum atomic E-state index is -1.26. The molecule has 15 heteroatoms. The van der Waals surface area contributed by atoms with Gasteiger partial charge in [-0.1, -0.05) is 0 Å². The van der Waals surface area contributed by atoms with Gasteiger partial charge < -0.3 is 43.5 Å². The number of piperidine rings is 1. The number of carboxylic acid groups (broad SMARTS) is 2. The summed E-state index contributed by atoms with van der Waals surface area (Å²) >= 11 is 0. The minimum absolute atomic E-state index is 0.0683. The number of amides is 1. The third kappa shape index (κ3) is 10.6. The number of hydrogen-bond donors (Lipinski definition) is 2. The summed E-state index contributed by atoms with van der Waals surface area (Å²) in [6, 6.07) is 15.4. The first kappa shape index (κ1) is 41.4. The number of methoxy groups -OCH3 is 6. The quantitative estimate of drug-likeness (QED) is 0.155. The first-order chi connectivity index (χ1) is 26.5. The number of carboxylic acids is 2. The number of likely N-dealkylation sites (tertiary alicyclic amines) is 1. The maximum absolute atomic E-state index is 13.6. The molecule has 0 saturated carbocycles. The summed E-state index contributed by atoms with van der Waals surface area (Å²) in [6.45, 7) is 2.40. The first-order valence-corrected chi connectivity index (χ1v) is 17.1. The smallest absolute Gasteiger partial charge is 0.328 e. The van der Waals surface area contributed by atoms with Crippen molar-refractivity contribution in [3.63, 3.8) is 0 Å². The number of hydrogen-bond acceptors (Lipinski definition) is 12. The Morgan fingerprint density at radius 2 is 1.13 bits per heavy atom. The lowest BCUT2D eigenvalue weighted by atomic mass is 9.94. The van der Waals surface area contributed by atoms with Crippen molar-refractivity contribution in [1.82, 2.24) is 14.9 Å². The second-order valence-corrected chi connectivity index (χ2v) is 12.2. The van der Waals surface area contributed by atoms with E-state index in [0.29, 0.717) is 52.3 Å². The van der Waals surface area contributed by atoms with Crippen LogP contribution in [0.3, 0.4) is 0 Å². The fourth-order valence-corrected chi connectivity index (χ4v) is 6.11. The summed E-state index contributed by atoms with van der Waals surface area (Å²) in [5.74, 6) is 0.799. The van der Waals surface area contributed by atoms with Crippen molar-refractivity contribution >= 4 is 23.5 Å². The number of aliphatic carboxylic acids is 2. The van der Waals surface area contributed by atoms with Crippen LogP contribution in [0.1, 0.15) is 18.4 Å². The summed E-state index contributed by atoms with van der Waals surface area (Å²) < 4.78 is 33.0. The summed E-state index contributed by atoms with van der Waals surface area (Å²) in [6.07, 6.45) is 6.20. The van der Waals surface area contributed by atoms with E-state index in [2.05, 4.69) is 20.9 Å². The molecule has 2 aromatic carbocycles. The van der Waals surface area contributed by atoms with Gasteiger partial charge in [-0.2, -0.15) is 0 Å². The zero-order chi connectivity index (χ0) is 40.1. The molecule has 5 rings (SSSR count). The highest BCUT2D eigenvalue weighted by molar-refractivity contribution is 5.95. The largest absolute Gasteiger partial charge is 0.493 e. The molecule has 1 aliphatic heterocycles. The van der Waals surface area contributed by atoms with Gasteiger partial charge in [0.1, 0.15) is 0 Å². The second-order valence-electron chi connectivity index (χ2n) is 12.2. The van der Waals surface area contributed by atoms with Crippen molar-refractivity contribution in [3.05, 3.63) is 78.6 Å². The minimum Gasteiger partial charge on any atom is -0.493 e. The van der Waals surface area contributed by atoms with Crippen LogP contribution in [0.5, 0.6) is 34.5 Å². The zero-order valence-electron chi connectivity index (χ0n) is 31.9. The molecule has 292 valence electrons. The van der Waals surface area contributed by atoms with Crippen molar-refractivity contribution in [2.45, 2.75) is 19.4 Å². The van der Waals surface area contributed by atoms with Crippen LogP contribution in [0.4, 0.5) is 5.69 Å². The Morgan fingerprint density at radius 1 is 0.691 bits per heavy atom. The third-order valence-corrected chi connectivity index (χ3v) is 8.92. The van der Waals surface area contributed by atoms with E-state index in [1.165, 1.54) is 0 Å². The topological polar surface area (TPSA) is 179 Å². The first-order valence-electron chi connectivity index (χ1n) is 17.1. The van der Waals surface area contributed by atoms with Crippen LogP contribution in [0.25, 0.3) is 22.5 Å². The molecule has 1 saturated heterocycles. The summed E-state index contributed by atoms with van der Waals surface area (Å²) in [4.78, 5) is 46.0. The van der Waals surface area contributed by atoms with Crippen LogP contribution < -0.4 is 33.3 Å². The molecule has 0 atom stereocenters. The van der Waals surface area contributed by atoms with Crippen LogP contribution >= 0.6 is 0 Å². The monoisotopic (exact) mass is 758 g/mol. The van der Waals surface area contributed by atoms with Crippen molar-refractivity contribution in [1.29, 1.82) is 0 Å². The molecule has 2 N–H and O–H groups in total.